The maximum Gasteiger partial charge on any atom is 0.326 e. The molecule has 1 aliphatic carbocycles. The number of benzene rings is 1. The third-order valence-electron chi connectivity index (χ3n) is 5.17. The van der Waals surface area contributed by atoms with Gasteiger partial charge < -0.3 is 14.6 Å². The molecule has 0 radical (unpaired) electrons. The number of rotatable bonds is 7. The van der Waals surface area contributed by atoms with E-state index in [2.05, 4.69) is 10.3 Å². The van der Waals surface area contributed by atoms with Crippen molar-refractivity contribution in [2.24, 2.45) is 0 Å². The van der Waals surface area contributed by atoms with Gasteiger partial charge in [0.1, 0.15) is 12.4 Å². The first-order chi connectivity index (χ1) is 13.6. The highest BCUT2D eigenvalue weighted by atomic mass is 32.2. The predicted molar refractivity (Wildman–Crippen MR) is 112 cm³/mol. The van der Waals surface area contributed by atoms with Gasteiger partial charge in [0, 0.05) is 6.04 Å². The number of amides is 1. The van der Waals surface area contributed by atoms with Gasteiger partial charge in [0.2, 0.25) is 0 Å². The van der Waals surface area contributed by atoms with Gasteiger partial charge in [-0.3, -0.25) is 9.59 Å². The van der Waals surface area contributed by atoms with Gasteiger partial charge in [0.25, 0.3) is 5.91 Å². The number of hydrogen-bond acceptors (Lipinski definition) is 5. The van der Waals surface area contributed by atoms with Crippen molar-refractivity contribution in [1.29, 1.82) is 0 Å². The summed E-state index contributed by atoms with van der Waals surface area (Å²) in [7, 11) is 0. The Kier molecular flexibility index (Phi) is 7.36. The number of nitrogens with zero attached hydrogens (tertiary/aromatic N) is 2. The number of imidazole rings is 1. The molecule has 1 amide bonds. The minimum absolute atomic E-state index is 0.0530. The molecule has 1 atom stereocenters. The highest BCUT2D eigenvalue weighted by Gasteiger charge is 2.23. The van der Waals surface area contributed by atoms with Gasteiger partial charge in [-0.15, -0.1) is 0 Å². The highest BCUT2D eigenvalue weighted by molar-refractivity contribution is 7.97. The van der Waals surface area contributed by atoms with Crippen LogP contribution in [0.4, 0.5) is 0 Å². The first-order valence-electron chi connectivity index (χ1n) is 10.0. The number of para-hydroxylation sites is 2. The monoisotopic (exact) mass is 403 g/mol. The number of thioether (sulfide) groups is 1. The largest absolute Gasteiger partial charge is 0.451 e. The average molecular weight is 404 g/mol. The van der Waals surface area contributed by atoms with Crippen molar-refractivity contribution in [3.8, 4) is 0 Å². The molecule has 6 nitrogen and oxygen atoms in total. The van der Waals surface area contributed by atoms with Gasteiger partial charge in [-0.25, -0.2) is 4.98 Å². The maximum atomic E-state index is 12.5. The minimum Gasteiger partial charge on any atom is -0.451 e. The molecule has 1 fully saturated rings. The van der Waals surface area contributed by atoms with Crippen LogP contribution in [0, 0.1) is 0 Å². The number of esters is 1. The lowest BCUT2D eigenvalue weighted by atomic mass is 10.1. The third kappa shape index (κ3) is 5.28. The number of carbonyl (C=O) groups excluding carboxylic acids is 2. The summed E-state index contributed by atoms with van der Waals surface area (Å²) in [6, 6.07) is 7.94. The van der Waals surface area contributed by atoms with E-state index in [0.29, 0.717) is 5.75 Å². The Bertz CT molecular complexity index is 812. The molecule has 1 heterocycles. The van der Waals surface area contributed by atoms with E-state index in [0.717, 1.165) is 42.5 Å². The zero-order valence-electron chi connectivity index (χ0n) is 16.6. The lowest BCUT2D eigenvalue weighted by Gasteiger charge is -2.20. The van der Waals surface area contributed by atoms with Gasteiger partial charge in [-0.2, -0.15) is 11.8 Å². The fourth-order valence-corrected chi connectivity index (χ4v) is 4.18. The molecule has 0 unspecified atom stereocenters. The van der Waals surface area contributed by atoms with Crippen molar-refractivity contribution in [2.45, 2.75) is 69.9 Å². The van der Waals surface area contributed by atoms with Crippen LogP contribution in [0.3, 0.4) is 0 Å². The topological polar surface area (TPSA) is 73.2 Å². The quantitative estimate of drug-likeness (QED) is 0.564. The number of ether oxygens (including phenoxy) is 1. The van der Waals surface area contributed by atoms with Crippen LogP contribution in [0.1, 0.15) is 51.3 Å². The Morgan fingerprint density at radius 2 is 1.96 bits per heavy atom. The molecule has 3 rings (SSSR count). The molecule has 1 aliphatic rings. The molecule has 7 heteroatoms. The molecule has 0 aliphatic heterocycles. The van der Waals surface area contributed by atoms with Crippen molar-refractivity contribution in [2.75, 3.05) is 6.26 Å². The summed E-state index contributed by atoms with van der Waals surface area (Å²) < 4.78 is 7.31. The summed E-state index contributed by atoms with van der Waals surface area (Å²) in [4.78, 5) is 29.6. The summed E-state index contributed by atoms with van der Waals surface area (Å²) in [6.45, 7) is 1.69. The number of hydrogen-bond donors (Lipinski definition) is 1. The van der Waals surface area contributed by atoms with Crippen molar-refractivity contribution in [3.05, 3.63) is 30.1 Å². The van der Waals surface area contributed by atoms with Crippen LogP contribution in [0.5, 0.6) is 0 Å². The molecule has 2 aromatic rings. The van der Waals surface area contributed by atoms with Crippen molar-refractivity contribution in [3.63, 3.8) is 0 Å². The second-order valence-corrected chi connectivity index (χ2v) is 8.23. The lowest BCUT2D eigenvalue weighted by molar-refractivity contribution is -0.155. The van der Waals surface area contributed by atoms with E-state index >= 15 is 0 Å². The minimum atomic E-state index is -0.797. The smallest absolute Gasteiger partial charge is 0.326 e. The van der Waals surface area contributed by atoms with Crippen molar-refractivity contribution < 1.29 is 14.3 Å². The third-order valence-corrected chi connectivity index (χ3v) is 5.72. The van der Waals surface area contributed by atoms with E-state index in [4.69, 9.17) is 4.74 Å². The normalized spacial score (nSPS) is 16.5. The van der Waals surface area contributed by atoms with E-state index in [1.807, 2.05) is 35.1 Å². The second kappa shape index (κ2) is 9.96. The van der Waals surface area contributed by atoms with E-state index < -0.39 is 12.1 Å². The average Bonchev–Trinajstić information content (AvgIpc) is 2.83. The second-order valence-electron chi connectivity index (χ2n) is 7.37. The van der Waals surface area contributed by atoms with Crippen LogP contribution in [0.2, 0.25) is 0 Å². The highest BCUT2D eigenvalue weighted by Crippen LogP contribution is 2.20. The Labute approximate surface area is 170 Å². The van der Waals surface area contributed by atoms with Crippen LogP contribution in [0.15, 0.2) is 24.3 Å². The summed E-state index contributed by atoms with van der Waals surface area (Å²) in [5, 5.41) is 3.05. The molecule has 1 aromatic carbocycles. The van der Waals surface area contributed by atoms with E-state index in [1.54, 1.807) is 18.7 Å². The van der Waals surface area contributed by atoms with Crippen LogP contribution in [0.25, 0.3) is 11.0 Å². The van der Waals surface area contributed by atoms with Crippen LogP contribution in [-0.2, 0) is 26.6 Å². The zero-order valence-corrected chi connectivity index (χ0v) is 17.5. The zero-order chi connectivity index (χ0) is 19.9. The molecule has 1 saturated carbocycles. The van der Waals surface area contributed by atoms with Crippen LogP contribution >= 0.6 is 11.8 Å². The molecule has 0 spiro atoms. The molecule has 152 valence electrons. The molecule has 1 N–H and O–H groups in total. The van der Waals surface area contributed by atoms with Gasteiger partial charge >= 0.3 is 5.97 Å². The van der Waals surface area contributed by atoms with Crippen LogP contribution < -0.4 is 5.32 Å². The molecular weight excluding hydrogens is 374 g/mol. The van der Waals surface area contributed by atoms with Gasteiger partial charge in [0.15, 0.2) is 6.10 Å². The first-order valence-corrected chi connectivity index (χ1v) is 11.4. The fraction of sp³-hybridized carbons (Fsp3) is 0.571. The SMILES string of the molecule is CSCc1nc2ccccc2n1CC(=O)O[C@@H](C)C(=O)NC1CCCCCC1. The first kappa shape index (κ1) is 20.7. The predicted octanol–water partition coefficient (Wildman–Crippen LogP) is 3.67. The Hall–Kier alpha value is -2.02. The summed E-state index contributed by atoms with van der Waals surface area (Å²) in [5.74, 6) is 0.912. The van der Waals surface area contributed by atoms with E-state index in [9.17, 15) is 9.59 Å². The fourth-order valence-electron chi connectivity index (χ4n) is 3.70. The maximum absolute atomic E-state index is 12.5. The molecule has 1 aromatic heterocycles. The van der Waals surface area contributed by atoms with Gasteiger partial charge in [0.05, 0.1) is 16.8 Å². The van der Waals surface area contributed by atoms with Crippen molar-refractivity contribution in [1.82, 2.24) is 14.9 Å². The van der Waals surface area contributed by atoms with Gasteiger partial charge in [-0.05, 0) is 38.2 Å². The number of carbonyl (C=O) groups is 2. The lowest BCUT2D eigenvalue weighted by Crippen LogP contribution is -2.42. The summed E-state index contributed by atoms with van der Waals surface area (Å²) >= 11 is 1.65. The summed E-state index contributed by atoms with van der Waals surface area (Å²) in [5.41, 5.74) is 1.76. The Morgan fingerprint density at radius 3 is 2.68 bits per heavy atom. The van der Waals surface area contributed by atoms with Crippen molar-refractivity contribution >= 4 is 34.7 Å². The summed E-state index contributed by atoms with van der Waals surface area (Å²) in [6.07, 6.45) is 7.96. The van der Waals surface area contributed by atoms with E-state index in [1.165, 1.54) is 12.8 Å². The molecule has 28 heavy (non-hydrogen) atoms. The molecular formula is C21H29N3O3S. The standard InChI is InChI=1S/C21H29N3O3S/c1-15(21(26)22-16-9-5-3-4-6-10-16)27-20(25)13-24-18-12-8-7-11-17(18)23-19(24)14-28-2/h7-8,11-12,15-16H,3-6,9-10,13-14H2,1-2H3,(H,22,26)/t15-/m0/s1. The molecule has 0 bridgehead atoms. The number of nitrogens with one attached hydrogen (secondary N) is 1. The molecule has 0 saturated heterocycles. The van der Waals surface area contributed by atoms with Gasteiger partial charge in [-0.1, -0.05) is 37.8 Å². The number of fused-ring (bicyclic) bond motifs is 1. The number of aromatic nitrogens is 2. The Balaban J connectivity index is 1.61. The Morgan fingerprint density at radius 1 is 1.25 bits per heavy atom. The van der Waals surface area contributed by atoms with E-state index in [-0.39, 0.29) is 18.5 Å². The van der Waals surface area contributed by atoms with Crippen LogP contribution in [-0.4, -0.2) is 39.8 Å².